The quantitative estimate of drug-likeness (QED) is 0.572. The van der Waals surface area contributed by atoms with Gasteiger partial charge in [-0.15, -0.1) is 11.6 Å². The third-order valence-corrected chi connectivity index (χ3v) is 3.22. The van der Waals surface area contributed by atoms with Crippen molar-refractivity contribution in [2.24, 2.45) is 0 Å². The molecule has 0 aromatic carbocycles. The Morgan fingerprint density at radius 2 is 2.12 bits per heavy atom. The van der Waals surface area contributed by atoms with Crippen molar-refractivity contribution < 1.29 is 0 Å². The fourth-order valence-electron chi connectivity index (χ4n) is 1.86. The highest BCUT2D eigenvalue weighted by Crippen LogP contribution is 2.14. The fraction of sp³-hybridized carbons (Fsp3) is 0.769. The molecule has 0 saturated carbocycles. The molecule has 1 aromatic heterocycles. The predicted octanol–water partition coefficient (Wildman–Crippen LogP) is 3.35. The number of hydrogen-bond donors (Lipinski definition) is 1. The number of halogens is 1. The van der Waals surface area contributed by atoms with Gasteiger partial charge in [-0.25, -0.2) is 0 Å². The van der Waals surface area contributed by atoms with E-state index in [1.54, 1.807) is 0 Å². The van der Waals surface area contributed by atoms with Crippen molar-refractivity contribution in [2.75, 3.05) is 6.54 Å². The molecule has 1 atom stereocenters. The van der Waals surface area contributed by atoms with E-state index in [0.717, 1.165) is 38.0 Å². The molecule has 0 radical (unpaired) electrons. The second-order valence-electron chi connectivity index (χ2n) is 4.50. The van der Waals surface area contributed by atoms with Crippen LogP contribution in [0.1, 0.15) is 51.8 Å². The summed E-state index contributed by atoms with van der Waals surface area (Å²) in [7, 11) is 0. The lowest BCUT2D eigenvalue weighted by Gasteiger charge is -2.12. The van der Waals surface area contributed by atoms with Crippen molar-refractivity contribution in [3.05, 3.63) is 18.0 Å². The largest absolute Gasteiger partial charge is 0.311 e. The van der Waals surface area contributed by atoms with Gasteiger partial charge in [-0.2, -0.15) is 5.10 Å². The molecule has 1 unspecified atom stereocenters. The third-order valence-electron chi connectivity index (χ3n) is 3.01. The van der Waals surface area contributed by atoms with Gasteiger partial charge in [0.2, 0.25) is 0 Å². The van der Waals surface area contributed by atoms with Crippen LogP contribution in [-0.4, -0.2) is 21.7 Å². The second-order valence-corrected chi connectivity index (χ2v) is 5.25. The van der Waals surface area contributed by atoms with Crippen molar-refractivity contribution >= 4 is 11.6 Å². The first-order valence-electron chi connectivity index (χ1n) is 6.56. The Hall–Kier alpha value is -0.540. The van der Waals surface area contributed by atoms with E-state index in [0.29, 0.717) is 6.04 Å². The molecule has 0 aliphatic carbocycles. The van der Waals surface area contributed by atoms with Crippen LogP contribution in [-0.2, 0) is 6.54 Å². The van der Waals surface area contributed by atoms with Gasteiger partial charge in [0, 0.05) is 18.1 Å². The molecule has 0 spiro atoms. The van der Waals surface area contributed by atoms with Crippen LogP contribution in [0.4, 0.5) is 0 Å². The minimum absolute atomic E-state index is 0.240. The zero-order chi connectivity index (χ0) is 12.7. The van der Waals surface area contributed by atoms with Gasteiger partial charge in [0.15, 0.2) is 0 Å². The SMILES string of the molecule is CCC(CC)n1ccc(CNCCC(C)Cl)n1. The molecule has 0 aliphatic rings. The summed E-state index contributed by atoms with van der Waals surface area (Å²) >= 11 is 5.88. The van der Waals surface area contributed by atoms with Gasteiger partial charge in [-0.05, 0) is 38.8 Å². The summed E-state index contributed by atoms with van der Waals surface area (Å²) in [4.78, 5) is 0. The highest BCUT2D eigenvalue weighted by molar-refractivity contribution is 6.20. The molecule has 1 heterocycles. The molecular formula is C13H24ClN3. The summed E-state index contributed by atoms with van der Waals surface area (Å²) in [5.41, 5.74) is 1.11. The van der Waals surface area contributed by atoms with Crippen LogP contribution < -0.4 is 5.32 Å². The van der Waals surface area contributed by atoms with E-state index in [-0.39, 0.29) is 5.38 Å². The summed E-state index contributed by atoms with van der Waals surface area (Å²) in [6.45, 7) is 8.20. The smallest absolute Gasteiger partial charge is 0.0762 e. The molecule has 98 valence electrons. The highest BCUT2D eigenvalue weighted by Gasteiger charge is 2.07. The van der Waals surface area contributed by atoms with E-state index < -0.39 is 0 Å². The molecule has 0 amide bonds. The van der Waals surface area contributed by atoms with Crippen molar-refractivity contribution in [1.29, 1.82) is 0 Å². The highest BCUT2D eigenvalue weighted by atomic mass is 35.5. The average molecular weight is 258 g/mol. The van der Waals surface area contributed by atoms with E-state index in [4.69, 9.17) is 11.6 Å². The van der Waals surface area contributed by atoms with Crippen molar-refractivity contribution in [3.8, 4) is 0 Å². The molecule has 0 bridgehead atoms. The van der Waals surface area contributed by atoms with Crippen LogP contribution in [0.25, 0.3) is 0 Å². The minimum atomic E-state index is 0.240. The minimum Gasteiger partial charge on any atom is -0.311 e. The number of aromatic nitrogens is 2. The number of hydrogen-bond acceptors (Lipinski definition) is 2. The Balaban J connectivity index is 2.35. The van der Waals surface area contributed by atoms with Gasteiger partial charge >= 0.3 is 0 Å². The zero-order valence-electron chi connectivity index (χ0n) is 11.1. The molecule has 4 heteroatoms. The summed E-state index contributed by atoms with van der Waals surface area (Å²) in [6.07, 6.45) is 5.34. The average Bonchev–Trinajstić information content (AvgIpc) is 2.75. The van der Waals surface area contributed by atoms with Crippen LogP contribution in [0.15, 0.2) is 12.3 Å². The number of nitrogens with zero attached hydrogens (tertiary/aromatic N) is 2. The van der Waals surface area contributed by atoms with Gasteiger partial charge in [-0.1, -0.05) is 13.8 Å². The molecular weight excluding hydrogens is 234 g/mol. The van der Waals surface area contributed by atoms with E-state index in [1.165, 1.54) is 0 Å². The van der Waals surface area contributed by atoms with Gasteiger partial charge in [0.05, 0.1) is 11.7 Å². The maximum atomic E-state index is 5.88. The van der Waals surface area contributed by atoms with Crippen LogP contribution in [0.3, 0.4) is 0 Å². The van der Waals surface area contributed by atoms with Crippen LogP contribution in [0.2, 0.25) is 0 Å². The monoisotopic (exact) mass is 257 g/mol. The van der Waals surface area contributed by atoms with Crippen molar-refractivity contribution in [2.45, 2.75) is 58.0 Å². The second kappa shape index (κ2) is 7.72. The normalized spacial score (nSPS) is 13.2. The number of alkyl halides is 1. The van der Waals surface area contributed by atoms with Crippen molar-refractivity contribution in [3.63, 3.8) is 0 Å². The van der Waals surface area contributed by atoms with Crippen LogP contribution in [0, 0.1) is 0 Å². The van der Waals surface area contributed by atoms with Crippen molar-refractivity contribution in [1.82, 2.24) is 15.1 Å². The molecule has 1 rings (SSSR count). The predicted molar refractivity (Wildman–Crippen MR) is 73.5 cm³/mol. The standard InChI is InChI=1S/C13H24ClN3/c1-4-13(5-2)17-9-7-12(16-17)10-15-8-6-11(3)14/h7,9,11,13,15H,4-6,8,10H2,1-3H3. The summed E-state index contributed by atoms with van der Waals surface area (Å²) in [6, 6.07) is 2.63. The first-order valence-corrected chi connectivity index (χ1v) is 6.99. The van der Waals surface area contributed by atoms with Gasteiger partial charge in [-0.3, -0.25) is 4.68 Å². The van der Waals surface area contributed by atoms with Gasteiger partial charge < -0.3 is 5.32 Å². The Bertz CT molecular complexity index is 305. The number of rotatable bonds is 8. The molecule has 1 N–H and O–H groups in total. The maximum absolute atomic E-state index is 5.88. The summed E-state index contributed by atoms with van der Waals surface area (Å²) < 4.78 is 2.08. The van der Waals surface area contributed by atoms with Crippen LogP contribution >= 0.6 is 11.6 Å². The molecule has 3 nitrogen and oxygen atoms in total. The molecule has 17 heavy (non-hydrogen) atoms. The van der Waals surface area contributed by atoms with Gasteiger partial charge in [0.1, 0.15) is 0 Å². The first kappa shape index (κ1) is 14.5. The maximum Gasteiger partial charge on any atom is 0.0762 e. The Morgan fingerprint density at radius 3 is 2.71 bits per heavy atom. The fourth-order valence-corrected chi connectivity index (χ4v) is 1.96. The summed E-state index contributed by atoms with van der Waals surface area (Å²) in [5.74, 6) is 0. The lowest BCUT2D eigenvalue weighted by molar-refractivity contribution is 0.424. The number of nitrogens with one attached hydrogen (secondary N) is 1. The molecule has 0 saturated heterocycles. The Morgan fingerprint density at radius 1 is 1.41 bits per heavy atom. The molecule has 1 aromatic rings. The lowest BCUT2D eigenvalue weighted by Crippen LogP contribution is -2.18. The summed E-state index contributed by atoms with van der Waals surface area (Å²) in [5, 5.41) is 8.19. The Labute approximate surface area is 110 Å². The first-order chi connectivity index (χ1) is 8.17. The van der Waals surface area contributed by atoms with Crippen LogP contribution in [0.5, 0.6) is 0 Å². The van der Waals surface area contributed by atoms with E-state index in [9.17, 15) is 0 Å². The topological polar surface area (TPSA) is 29.9 Å². The van der Waals surface area contributed by atoms with E-state index in [2.05, 4.69) is 41.2 Å². The third kappa shape index (κ3) is 5.09. The Kier molecular flexibility index (Phi) is 6.60. The molecule has 0 fully saturated rings. The van der Waals surface area contributed by atoms with E-state index in [1.807, 2.05) is 6.92 Å². The van der Waals surface area contributed by atoms with Gasteiger partial charge in [0.25, 0.3) is 0 Å². The molecule has 0 aliphatic heterocycles. The lowest BCUT2D eigenvalue weighted by atomic mass is 10.2. The zero-order valence-corrected chi connectivity index (χ0v) is 11.9. The van der Waals surface area contributed by atoms with E-state index >= 15 is 0 Å².